The zero-order chi connectivity index (χ0) is 16.4. The molecule has 0 radical (unpaired) electrons. The molecule has 23 heavy (non-hydrogen) atoms. The molecule has 0 saturated heterocycles. The molecule has 0 atom stereocenters. The number of aromatic nitrogens is 2. The topological polar surface area (TPSA) is 123 Å². The molecule has 8 nitrogen and oxygen atoms in total. The summed E-state index contributed by atoms with van der Waals surface area (Å²) in [6, 6.07) is 11.7. The van der Waals surface area contributed by atoms with Crippen LogP contribution in [0.1, 0.15) is 11.4 Å². The fraction of sp³-hybridized carbons (Fsp3) is 0.0667. The maximum atomic E-state index is 10.9. The van der Waals surface area contributed by atoms with Crippen molar-refractivity contribution in [2.24, 2.45) is 0 Å². The highest BCUT2D eigenvalue weighted by atomic mass is 16.6. The summed E-state index contributed by atoms with van der Waals surface area (Å²) < 4.78 is 5.08. The molecular formula is C15H11N3O5. The van der Waals surface area contributed by atoms with Crippen LogP contribution in [0.15, 0.2) is 47.0 Å². The lowest BCUT2D eigenvalue weighted by Crippen LogP contribution is -1.91. The number of nitrogens with zero attached hydrogens (tertiary/aromatic N) is 3. The molecule has 2 N–H and O–H groups in total. The first-order valence-corrected chi connectivity index (χ1v) is 6.62. The van der Waals surface area contributed by atoms with E-state index in [2.05, 4.69) is 10.1 Å². The van der Waals surface area contributed by atoms with Crippen LogP contribution in [0.25, 0.3) is 11.5 Å². The van der Waals surface area contributed by atoms with Crippen LogP contribution < -0.4 is 0 Å². The molecule has 0 aliphatic rings. The Balaban J connectivity index is 1.93. The van der Waals surface area contributed by atoms with Crippen molar-refractivity contribution in [2.75, 3.05) is 0 Å². The van der Waals surface area contributed by atoms with Gasteiger partial charge < -0.3 is 14.7 Å². The highest BCUT2D eigenvalue weighted by molar-refractivity contribution is 5.67. The van der Waals surface area contributed by atoms with E-state index in [1.165, 1.54) is 0 Å². The Bertz CT molecular complexity index is 861. The van der Waals surface area contributed by atoms with Gasteiger partial charge in [0.05, 0.1) is 10.5 Å². The van der Waals surface area contributed by atoms with Gasteiger partial charge in [-0.15, -0.1) is 0 Å². The van der Waals surface area contributed by atoms with Crippen LogP contribution in [0.4, 0.5) is 5.69 Å². The molecule has 0 fully saturated rings. The van der Waals surface area contributed by atoms with E-state index >= 15 is 0 Å². The van der Waals surface area contributed by atoms with Crippen LogP contribution in [0.5, 0.6) is 11.5 Å². The van der Waals surface area contributed by atoms with Gasteiger partial charge in [0.2, 0.25) is 5.75 Å². The molecule has 0 amide bonds. The number of nitro benzene ring substituents is 1. The lowest BCUT2D eigenvalue weighted by Gasteiger charge is -2.01. The Morgan fingerprint density at radius 1 is 1.17 bits per heavy atom. The van der Waals surface area contributed by atoms with E-state index in [-0.39, 0.29) is 11.5 Å². The molecule has 3 aromatic rings. The summed E-state index contributed by atoms with van der Waals surface area (Å²) >= 11 is 0. The zero-order valence-corrected chi connectivity index (χ0v) is 11.7. The van der Waals surface area contributed by atoms with Crippen LogP contribution in [0.2, 0.25) is 0 Å². The lowest BCUT2D eigenvalue weighted by molar-refractivity contribution is -0.385. The number of phenols is 2. The second-order valence-electron chi connectivity index (χ2n) is 4.80. The number of aromatic hydroxyl groups is 2. The average Bonchev–Trinajstić information content (AvgIpc) is 2.99. The summed E-state index contributed by atoms with van der Waals surface area (Å²) in [5, 5.41) is 33.8. The fourth-order valence-corrected chi connectivity index (χ4v) is 2.09. The van der Waals surface area contributed by atoms with Gasteiger partial charge in [0.25, 0.3) is 5.89 Å². The smallest absolute Gasteiger partial charge is 0.315 e. The summed E-state index contributed by atoms with van der Waals surface area (Å²) in [5.74, 6) is -1.00. The van der Waals surface area contributed by atoms with Gasteiger partial charge in [-0.2, -0.15) is 4.98 Å². The molecule has 8 heteroatoms. The summed E-state index contributed by atoms with van der Waals surface area (Å²) in [7, 11) is 0. The van der Waals surface area contributed by atoms with E-state index in [0.29, 0.717) is 12.2 Å². The molecule has 0 aliphatic carbocycles. The van der Waals surface area contributed by atoms with Crippen LogP contribution in [0.3, 0.4) is 0 Å². The molecule has 2 aromatic carbocycles. The Morgan fingerprint density at radius 3 is 2.61 bits per heavy atom. The van der Waals surface area contributed by atoms with Gasteiger partial charge in [-0.1, -0.05) is 35.5 Å². The highest BCUT2D eigenvalue weighted by Gasteiger charge is 2.21. The third kappa shape index (κ3) is 2.95. The maximum Gasteiger partial charge on any atom is 0.315 e. The Morgan fingerprint density at radius 2 is 1.91 bits per heavy atom. The van der Waals surface area contributed by atoms with Crippen molar-refractivity contribution in [2.45, 2.75) is 6.42 Å². The van der Waals surface area contributed by atoms with Crippen molar-refractivity contribution in [1.29, 1.82) is 0 Å². The first-order chi connectivity index (χ1) is 11.0. The van der Waals surface area contributed by atoms with Crippen LogP contribution in [0, 0.1) is 10.1 Å². The zero-order valence-electron chi connectivity index (χ0n) is 11.7. The lowest BCUT2D eigenvalue weighted by atomic mass is 10.1. The van der Waals surface area contributed by atoms with Gasteiger partial charge in [0.15, 0.2) is 11.6 Å². The maximum absolute atomic E-state index is 10.9. The van der Waals surface area contributed by atoms with Crippen molar-refractivity contribution in [3.63, 3.8) is 0 Å². The van der Waals surface area contributed by atoms with Crippen LogP contribution in [-0.4, -0.2) is 25.3 Å². The van der Waals surface area contributed by atoms with Gasteiger partial charge in [-0.25, -0.2) is 0 Å². The summed E-state index contributed by atoms with van der Waals surface area (Å²) in [6.45, 7) is 0. The van der Waals surface area contributed by atoms with Crippen molar-refractivity contribution < 1.29 is 19.7 Å². The normalized spacial score (nSPS) is 10.6. The van der Waals surface area contributed by atoms with Crippen molar-refractivity contribution in [3.8, 4) is 23.0 Å². The number of benzene rings is 2. The number of phenolic OH excluding ortho intramolecular Hbond substituents is 2. The van der Waals surface area contributed by atoms with Gasteiger partial charge in [-0.3, -0.25) is 10.1 Å². The van der Waals surface area contributed by atoms with Gasteiger partial charge >= 0.3 is 5.69 Å². The third-order valence-corrected chi connectivity index (χ3v) is 3.19. The minimum atomic E-state index is -0.806. The summed E-state index contributed by atoms with van der Waals surface area (Å²) in [6.07, 6.45) is 0.441. The minimum Gasteiger partial charge on any atom is -0.504 e. The largest absolute Gasteiger partial charge is 0.504 e. The fourth-order valence-electron chi connectivity index (χ4n) is 2.09. The van der Waals surface area contributed by atoms with Crippen molar-refractivity contribution in [3.05, 3.63) is 64.0 Å². The highest BCUT2D eigenvalue weighted by Crippen LogP contribution is 2.38. The molecule has 0 saturated carbocycles. The third-order valence-electron chi connectivity index (χ3n) is 3.19. The molecule has 0 aliphatic heterocycles. The number of hydrogen-bond donors (Lipinski definition) is 2. The van der Waals surface area contributed by atoms with E-state index in [9.17, 15) is 20.3 Å². The van der Waals surface area contributed by atoms with E-state index in [1.54, 1.807) is 0 Å². The minimum absolute atomic E-state index is 0.0225. The van der Waals surface area contributed by atoms with E-state index in [1.807, 2.05) is 30.3 Å². The molecule has 0 bridgehead atoms. The number of rotatable bonds is 4. The summed E-state index contributed by atoms with van der Waals surface area (Å²) in [5.41, 5.74) is 0.501. The molecular weight excluding hydrogens is 302 g/mol. The number of nitro groups is 1. The Kier molecular flexibility index (Phi) is 3.63. The number of hydrogen-bond acceptors (Lipinski definition) is 7. The predicted molar refractivity (Wildman–Crippen MR) is 79.0 cm³/mol. The van der Waals surface area contributed by atoms with E-state index in [4.69, 9.17) is 4.52 Å². The first kappa shape index (κ1) is 14.5. The molecule has 1 heterocycles. The molecule has 116 valence electrons. The molecule has 1 aromatic heterocycles. The average molecular weight is 313 g/mol. The second-order valence-corrected chi connectivity index (χ2v) is 4.80. The molecule has 0 unspecified atom stereocenters. The summed E-state index contributed by atoms with van der Waals surface area (Å²) in [4.78, 5) is 14.2. The van der Waals surface area contributed by atoms with Gasteiger partial charge in [0.1, 0.15) is 0 Å². The first-order valence-electron chi connectivity index (χ1n) is 6.62. The second kappa shape index (κ2) is 5.76. The van der Waals surface area contributed by atoms with Crippen molar-refractivity contribution >= 4 is 5.69 Å². The predicted octanol–water partition coefficient (Wildman–Crippen LogP) is 2.65. The van der Waals surface area contributed by atoms with Gasteiger partial charge in [0, 0.05) is 12.5 Å². The standard InChI is InChI=1S/C15H11N3O5/c19-12-8-10(7-11(14(12)20)18(21)22)15-16-13(17-23-15)6-9-4-2-1-3-5-9/h1-5,7-8,19-20H,6H2. The SMILES string of the molecule is O=[N+]([O-])c1cc(-c2nc(Cc3ccccc3)no2)cc(O)c1O. The van der Waals surface area contributed by atoms with E-state index < -0.39 is 22.1 Å². The van der Waals surface area contributed by atoms with Crippen molar-refractivity contribution in [1.82, 2.24) is 10.1 Å². The quantitative estimate of drug-likeness (QED) is 0.431. The Labute approximate surface area is 129 Å². The Hall–Kier alpha value is -3.42. The van der Waals surface area contributed by atoms with Crippen LogP contribution in [-0.2, 0) is 6.42 Å². The van der Waals surface area contributed by atoms with E-state index in [0.717, 1.165) is 17.7 Å². The van der Waals surface area contributed by atoms with Gasteiger partial charge in [-0.05, 0) is 11.6 Å². The molecule has 3 rings (SSSR count). The molecule has 0 spiro atoms. The van der Waals surface area contributed by atoms with Crippen LogP contribution >= 0.6 is 0 Å². The monoisotopic (exact) mass is 313 g/mol.